The maximum Gasteiger partial charge on any atom is 0.166 e. The SMILES string of the molecule is CCCCCCCCCCN1CCC(=O)c2ccccc21. The van der Waals surface area contributed by atoms with Crippen LogP contribution in [0.25, 0.3) is 0 Å². The number of nitrogens with zero attached hydrogens (tertiary/aromatic N) is 1. The van der Waals surface area contributed by atoms with Crippen molar-refractivity contribution < 1.29 is 4.79 Å². The number of ketones is 1. The second kappa shape index (κ2) is 8.86. The van der Waals surface area contributed by atoms with E-state index in [4.69, 9.17) is 0 Å². The number of benzene rings is 1. The third-order valence-electron chi connectivity index (χ3n) is 4.44. The summed E-state index contributed by atoms with van der Waals surface area (Å²) in [4.78, 5) is 14.3. The fraction of sp³-hybridized carbons (Fsp3) is 0.632. The van der Waals surface area contributed by atoms with Crippen LogP contribution in [0.4, 0.5) is 5.69 Å². The molecule has 0 saturated carbocycles. The lowest BCUT2D eigenvalue weighted by Crippen LogP contribution is -2.32. The maximum atomic E-state index is 11.9. The minimum Gasteiger partial charge on any atom is -0.370 e. The highest BCUT2D eigenvalue weighted by molar-refractivity contribution is 6.03. The Bertz CT molecular complexity index is 441. The highest BCUT2D eigenvalue weighted by Gasteiger charge is 2.21. The zero-order chi connectivity index (χ0) is 14.9. The fourth-order valence-corrected chi connectivity index (χ4v) is 3.15. The van der Waals surface area contributed by atoms with Crippen LogP contribution in [-0.4, -0.2) is 18.9 Å². The summed E-state index contributed by atoms with van der Waals surface area (Å²) >= 11 is 0. The number of Topliss-reactive ketones (excluding diaryl/α,β-unsaturated/α-hetero) is 1. The van der Waals surface area contributed by atoms with Crippen molar-refractivity contribution in [2.75, 3.05) is 18.0 Å². The zero-order valence-corrected chi connectivity index (χ0v) is 13.4. The van der Waals surface area contributed by atoms with Gasteiger partial charge in [-0.25, -0.2) is 0 Å². The third kappa shape index (κ3) is 4.87. The van der Waals surface area contributed by atoms with Crippen LogP contribution in [-0.2, 0) is 0 Å². The first-order valence-electron chi connectivity index (χ1n) is 8.70. The Morgan fingerprint density at radius 1 is 0.952 bits per heavy atom. The van der Waals surface area contributed by atoms with Gasteiger partial charge in [0.25, 0.3) is 0 Å². The second-order valence-electron chi connectivity index (χ2n) is 6.15. The van der Waals surface area contributed by atoms with Gasteiger partial charge in [-0.2, -0.15) is 0 Å². The van der Waals surface area contributed by atoms with Crippen molar-refractivity contribution in [2.45, 2.75) is 64.7 Å². The van der Waals surface area contributed by atoms with E-state index in [1.165, 1.54) is 51.4 Å². The van der Waals surface area contributed by atoms with Gasteiger partial charge >= 0.3 is 0 Å². The van der Waals surface area contributed by atoms with Crippen LogP contribution in [0.1, 0.15) is 75.1 Å². The average Bonchev–Trinajstić information content (AvgIpc) is 2.52. The number of fused-ring (bicyclic) bond motifs is 1. The van der Waals surface area contributed by atoms with Crippen molar-refractivity contribution in [3.63, 3.8) is 0 Å². The molecule has 21 heavy (non-hydrogen) atoms. The molecular formula is C19H29NO. The summed E-state index contributed by atoms with van der Waals surface area (Å²) in [5.74, 6) is 0.303. The van der Waals surface area contributed by atoms with Crippen molar-refractivity contribution >= 4 is 11.5 Å². The Kier molecular flexibility index (Phi) is 6.78. The van der Waals surface area contributed by atoms with Crippen LogP contribution >= 0.6 is 0 Å². The van der Waals surface area contributed by atoms with E-state index in [2.05, 4.69) is 17.9 Å². The molecule has 1 aliphatic rings. The lowest BCUT2D eigenvalue weighted by molar-refractivity contribution is 0.0980. The van der Waals surface area contributed by atoms with Crippen molar-refractivity contribution in [3.05, 3.63) is 29.8 Å². The van der Waals surface area contributed by atoms with Crippen molar-refractivity contribution in [2.24, 2.45) is 0 Å². The highest BCUT2D eigenvalue weighted by atomic mass is 16.1. The predicted octanol–water partition coefficient (Wildman–Crippen LogP) is 5.22. The molecule has 0 radical (unpaired) electrons. The van der Waals surface area contributed by atoms with Gasteiger partial charge in [0.05, 0.1) is 0 Å². The summed E-state index contributed by atoms with van der Waals surface area (Å²) in [5, 5.41) is 0. The van der Waals surface area contributed by atoms with Crippen molar-refractivity contribution in [1.29, 1.82) is 0 Å². The summed E-state index contributed by atoms with van der Waals surface area (Å²) in [6.07, 6.45) is 11.5. The van der Waals surface area contributed by atoms with E-state index >= 15 is 0 Å². The Morgan fingerprint density at radius 2 is 1.62 bits per heavy atom. The molecule has 2 nitrogen and oxygen atoms in total. The summed E-state index contributed by atoms with van der Waals surface area (Å²) in [7, 11) is 0. The van der Waals surface area contributed by atoms with Crippen LogP contribution < -0.4 is 4.90 Å². The van der Waals surface area contributed by atoms with Crippen molar-refractivity contribution in [3.8, 4) is 0 Å². The van der Waals surface area contributed by atoms with Crippen LogP contribution in [0, 0.1) is 0 Å². The molecule has 0 amide bonds. The number of hydrogen-bond donors (Lipinski definition) is 0. The highest BCUT2D eigenvalue weighted by Crippen LogP contribution is 2.27. The standard InChI is InChI=1S/C19H29NO/c1-2-3-4-5-6-7-8-11-15-20-16-14-19(21)17-12-9-10-13-18(17)20/h9-10,12-13H,2-8,11,14-16H2,1H3. The molecular weight excluding hydrogens is 258 g/mol. The molecule has 0 N–H and O–H groups in total. The van der Waals surface area contributed by atoms with E-state index in [0.717, 1.165) is 24.3 Å². The first-order valence-corrected chi connectivity index (χ1v) is 8.70. The van der Waals surface area contributed by atoms with Gasteiger partial charge in [0.15, 0.2) is 5.78 Å². The Balaban J connectivity index is 1.68. The van der Waals surface area contributed by atoms with E-state index in [-0.39, 0.29) is 0 Å². The number of para-hydroxylation sites is 1. The molecule has 1 heterocycles. The summed E-state index contributed by atoms with van der Waals surface area (Å²) in [6, 6.07) is 8.07. The normalized spacial score (nSPS) is 14.3. The molecule has 0 spiro atoms. The Labute approximate surface area is 129 Å². The van der Waals surface area contributed by atoms with Gasteiger partial charge < -0.3 is 4.90 Å². The maximum absolute atomic E-state index is 11.9. The molecule has 116 valence electrons. The number of carbonyl (C=O) groups excluding carboxylic acids is 1. The molecule has 0 fully saturated rings. The molecule has 2 rings (SSSR count). The van der Waals surface area contributed by atoms with E-state index in [1.54, 1.807) is 0 Å². The van der Waals surface area contributed by atoms with Crippen LogP contribution in [0.3, 0.4) is 0 Å². The first kappa shape index (κ1) is 16.1. The minimum absolute atomic E-state index is 0.303. The summed E-state index contributed by atoms with van der Waals surface area (Å²) < 4.78 is 0. The van der Waals surface area contributed by atoms with Gasteiger partial charge in [-0.1, -0.05) is 64.0 Å². The number of rotatable bonds is 9. The number of carbonyl (C=O) groups is 1. The van der Waals surface area contributed by atoms with Gasteiger partial charge in [-0.3, -0.25) is 4.79 Å². The molecule has 0 unspecified atom stereocenters. The molecule has 0 bridgehead atoms. The predicted molar refractivity (Wildman–Crippen MR) is 90.2 cm³/mol. The third-order valence-corrected chi connectivity index (χ3v) is 4.44. The average molecular weight is 287 g/mol. The van der Waals surface area contributed by atoms with Crippen LogP contribution in [0.2, 0.25) is 0 Å². The van der Waals surface area contributed by atoms with Crippen LogP contribution in [0.5, 0.6) is 0 Å². The number of unbranched alkanes of at least 4 members (excludes halogenated alkanes) is 7. The van der Waals surface area contributed by atoms with Gasteiger partial charge in [0.1, 0.15) is 0 Å². The van der Waals surface area contributed by atoms with Gasteiger partial charge in [0.2, 0.25) is 0 Å². The molecule has 2 heteroatoms. The molecule has 0 aliphatic carbocycles. The summed E-state index contributed by atoms with van der Waals surface area (Å²) in [6.45, 7) is 4.26. The van der Waals surface area contributed by atoms with Gasteiger partial charge in [0, 0.05) is 30.8 Å². The minimum atomic E-state index is 0.303. The van der Waals surface area contributed by atoms with E-state index in [0.29, 0.717) is 12.2 Å². The van der Waals surface area contributed by atoms with Crippen LogP contribution in [0.15, 0.2) is 24.3 Å². The smallest absolute Gasteiger partial charge is 0.166 e. The van der Waals surface area contributed by atoms with E-state index in [1.807, 2.05) is 18.2 Å². The topological polar surface area (TPSA) is 20.3 Å². The molecule has 0 saturated heterocycles. The second-order valence-corrected chi connectivity index (χ2v) is 6.15. The number of hydrogen-bond acceptors (Lipinski definition) is 2. The fourth-order valence-electron chi connectivity index (χ4n) is 3.15. The Hall–Kier alpha value is -1.31. The Morgan fingerprint density at radius 3 is 2.38 bits per heavy atom. The largest absolute Gasteiger partial charge is 0.370 e. The molecule has 1 aliphatic heterocycles. The first-order chi connectivity index (χ1) is 10.3. The van der Waals surface area contributed by atoms with E-state index < -0.39 is 0 Å². The monoisotopic (exact) mass is 287 g/mol. The zero-order valence-electron chi connectivity index (χ0n) is 13.4. The lowest BCUT2D eigenvalue weighted by Gasteiger charge is -2.30. The number of anilines is 1. The molecule has 1 aromatic rings. The van der Waals surface area contributed by atoms with Gasteiger partial charge in [-0.15, -0.1) is 0 Å². The lowest BCUT2D eigenvalue weighted by atomic mass is 10.00. The quantitative estimate of drug-likeness (QED) is 0.580. The van der Waals surface area contributed by atoms with Crippen molar-refractivity contribution in [1.82, 2.24) is 0 Å². The molecule has 1 aromatic carbocycles. The molecule has 0 aromatic heterocycles. The van der Waals surface area contributed by atoms with E-state index in [9.17, 15) is 4.79 Å². The molecule has 0 atom stereocenters. The summed E-state index contributed by atoms with van der Waals surface area (Å²) in [5.41, 5.74) is 2.07. The van der Waals surface area contributed by atoms with Gasteiger partial charge in [-0.05, 0) is 18.6 Å².